The van der Waals surface area contributed by atoms with Gasteiger partial charge in [-0.05, 0) is 48.4 Å². The number of aromatic amines is 1. The van der Waals surface area contributed by atoms with Crippen molar-refractivity contribution in [2.45, 2.75) is 12.3 Å². The fraction of sp³-hybridized carbons (Fsp3) is 0.190. The first kappa shape index (κ1) is 16.6. The van der Waals surface area contributed by atoms with Crippen LogP contribution in [-0.2, 0) is 6.42 Å². The van der Waals surface area contributed by atoms with Crippen LogP contribution in [0, 0.1) is 0 Å². The lowest BCUT2D eigenvalue weighted by Crippen LogP contribution is -2.20. The Bertz CT molecular complexity index is 1170. The van der Waals surface area contributed by atoms with Crippen LogP contribution >= 0.6 is 0 Å². The van der Waals surface area contributed by atoms with Crippen LogP contribution in [0.1, 0.15) is 17.3 Å². The molecule has 0 saturated carbocycles. The van der Waals surface area contributed by atoms with Crippen molar-refractivity contribution in [1.82, 2.24) is 19.9 Å². The maximum absolute atomic E-state index is 5.95. The molecule has 7 heteroatoms. The van der Waals surface area contributed by atoms with Gasteiger partial charge in [0, 0.05) is 11.8 Å². The van der Waals surface area contributed by atoms with E-state index in [-0.39, 0.29) is 11.9 Å². The lowest BCUT2D eigenvalue weighted by molar-refractivity contribution is 0.257. The molecule has 0 aliphatic carbocycles. The summed E-state index contributed by atoms with van der Waals surface area (Å²) in [5.74, 6) is 3.09. The highest BCUT2D eigenvalue weighted by atomic mass is 16.5. The van der Waals surface area contributed by atoms with Gasteiger partial charge in [-0.3, -0.25) is 0 Å². The van der Waals surface area contributed by atoms with Crippen LogP contribution in [0.4, 0.5) is 5.95 Å². The molecule has 1 aliphatic heterocycles. The van der Waals surface area contributed by atoms with Gasteiger partial charge in [-0.2, -0.15) is 0 Å². The number of aromatic nitrogens is 4. The first-order valence-corrected chi connectivity index (χ1v) is 9.08. The van der Waals surface area contributed by atoms with Gasteiger partial charge in [0.2, 0.25) is 5.95 Å². The smallest absolute Gasteiger partial charge is 0.220 e. The van der Waals surface area contributed by atoms with Crippen LogP contribution in [0.2, 0.25) is 0 Å². The van der Waals surface area contributed by atoms with E-state index in [0.717, 1.165) is 51.6 Å². The molecule has 2 aromatic carbocycles. The number of nitrogens with two attached hydrogens (primary N) is 1. The summed E-state index contributed by atoms with van der Waals surface area (Å²) >= 11 is 0. The highest BCUT2D eigenvalue weighted by Gasteiger charge is 2.24. The van der Waals surface area contributed by atoms with E-state index in [2.05, 4.69) is 15.0 Å². The molecule has 3 heterocycles. The molecular formula is C21H19N5O2. The molecule has 1 atom stereocenters. The van der Waals surface area contributed by atoms with Crippen LogP contribution < -0.4 is 15.2 Å². The quantitative estimate of drug-likeness (QED) is 0.571. The average Bonchev–Trinajstić information content (AvgIpc) is 3.16. The number of ether oxygens (including phenoxy) is 2. The minimum atomic E-state index is 0.158. The Morgan fingerprint density at radius 1 is 1.14 bits per heavy atom. The lowest BCUT2D eigenvalue weighted by Gasteiger charge is -2.24. The number of nitrogens with zero attached hydrogens (tertiary/aromatic N) is 3. The lowest BCUT2D eigenvalue weighted by atomic mass is 9.96. The summed E-state index contributed by atoms with van der Waals surface area (Å²) < 4.78 is 11.3. The van der Waals surface area contributed by atoms with Gasteiger partial charge in [0.15, 0.2) is 0 Å². The third kappa shape index (κ3) is 2.90. The zero-order valence-corrected chi connectivity index (χ0v) is 15.3. The van der Waals surface area contributed by atoms with Crippen molar-refractivity contribution in [1.29, 1.82) is 0 Å². The van der Waals surface area contributed by atoms with E-state index < -0.39 is 0 Å². The van der Waals surface area contributed by atoms with Gasteiger partial charge in [-0.25, -0.2) is 15.0 Å². The van der Waals surface area contributed by atoms with Gasteiger partial charge in [0.1, 0.15) is 17.3 Å². The maximum atomic E-state index is 5.95. The third-order valence-corrected chi connectivity index (χ3v) is 5.03. The molecule has 0 bridgehead atoms. The molecule has 2 aromatic heterocycles. The minimum absolute atomic E-state index is 0.158. The molecule has 28 heavy (non-hydrogen) atoms. The number of rotatable bonds is 3. The number of hydrogen-bond acceptors (Lipinski definition) is 6. The van der Waals surface area contributed by atoms with Crippen molar-refractivity contribution in [3.63, 3.8) is 0 Å². The Hall–Kier alpha value is -3.61. The number of imidazole rings is 1. The van der Waals surface area contributed by atoms with Crippen molar-refractivity contribution >= 4 is 17.0 Å². The molecule has 0 radical (unpaired) electrons. The zero-order valence-electron chi connectivity index (χ0n) is 15.3. The Morgan fingerprint density at radius 2 is 2.07 bits per heavy atom. The SMILES string of the molecule is COc1ccc2c(c1)C[C@@H](c1nc3ccc(-c4ccnc(N)n4)cc3[nH]1)CO2. The average molecular weight is 373 g/mol. The summed E-state index contributed by atoms with van der Waals surface area (Å²) in [5, 5.41) is 0. The normalized spacial score (nSPS) is 15.8. The van der Waals surface area contributed by atoms with E-state index in [4.69, 9.17) is 20.2 Å². The van der Waals surface area contributed by atoms with Crippen molar-refractivity contribution in [3.8, 4) is 22.8 Å². The van der Waals surface area contributed by atoms with Crippen molar-refractivity contribution in [2.75, 3.05) is 19.5 Å². The first-order valence-electron chi connectivity index (χ1n) is 9.08. The predicted molar refractivity (Wildman–Crippen MR) is 106 cm³/mol. The molecule has 0 fully saturated rings. The van der Waals surface area contributed by atoms with Gasteiger partial charge in [-0.1, -0.05) is 6.07 Å². The number of benzene rings is 2. The first-order chi connectivity index (χ1) is 13.7. The summed E-state index contributed by atoms with van der Waals surface area (Å²) in [4.78, 5) is 16.5. The summed E-state index contributed by atoms with van der Waals surface area (Å²) in [6.45, 7) is 0.592. The highest BCUT2D eigenvalue weighted by Crippen LogP contribution is 2.34. The molecule has 0 saturated heterocycles. The number of nitrogens with one attached hydrogen (secondary N) is 1. The highest BCUT2D eigenvalue weighted by molar-refractivity contribution is 5.81. The number of fused-ring (bicyclic) bond motifs is 2. The molecule has 0 unspecified atom stereocenters. The Labute approximate surface area is 161 Å². The fourth-order valence-corrected chi connectivity index (χ4v) is 3.59. The fourth-order valence-electron chi connectivity index (χ4n) is 3.59. The van der Waals surface area contributed by atoms with Crippen molar-refractivity contribution in [3.05, 3.63) is 60.0 Å². The predicted octanol–water partition coefficient (Wildman–Crippen LogP) is 3.33. The molecule has 140 valence electrons. The van der Waals surface area contributed by atoms with E-state index in [1.165, 1.54) is 0 Å². The summed E-state index contributed by atoms with van der Waals surface area (Å²) in [6, 6.07) is 13.8. The van der Waals surface area contributed by atoms with Gasteiger partial charge in [-0.15, -0.1) is 0 Å². The molecule has 0 amide bonds. The van der Waals surface area contributed by atoms with E-state index in [1.54, 1.807) is 13.3 Å². The number of anilines is 1. The zero-order chi connectivity index (χ0) is 19.1. The van der Waals surface area contributed by atoms with E-state index in [1.807, 2.05) is 42.5 Å². The number of hydrogen-bond donors (Lipinski definition) is 2. The molecular weight excluding hydrogens is 354 g/mol. The van der Waals surface area contributed by atoms with Crippen LogP contribution in [0.15, 0.2) is 48.7 Å². The summed E-state index contributed by atoms with van der Waals surface area (Å²) in [7, 11) is 1.67. The third-order valence-electron chi connectivity index (χ3n) is 5.03. The molecule has 1 aliphatic rings. The van der Waals surface area contributed by atoms with Crippen LogP contribution in [0.3, 0.4) is 0 Å². The molecule has 0 spiro atoms. The number of H-pyrrole nitrogens is 1. The van der Waals surface area contributed by atoms with Crippen LogP contribution in [0.5, 0.6) is 11.5 Å². The maximum Gasteiger partial charge on any atom is 0.220 e. The topological polar surface area (TPSA) is 98.9 Å². The second kappa shape index (κ2) is 6.53. The van der Waals surface area contributed by atoms with E-state index in [0.29, 0.717) is 6.61 Å². The number of nitrogen functional groups attached to an aromatic ring is 1. The van der Waals surface area contributed by atoms with Gasteiger partial charge in [0.25, 0.3) is 0 Å². The molecule has 5 rings (SSSR count). The van der Waals surface area contributed by atoms with Crippen molar-refractivity contribution < 1.29 is 9.47 Å². The minimum Gasteiger partial charge on any atom is -0.497 e. The van der Waals surface area contributed by atoms with E-state index in [9.17, 15) is 0 Å². The van der Waals surface area contributed by atoms with Gasteiger partial charge < -0.3 is 20.2 Å². The second-order valence-electron chi connectivity index (χ2n) is 6.84. The standard InChI is InChI=1S/C21H19N5O2/c1-27-15-3-5-19-13(9-15)8-14(11-28-19)20-24-17-4-2-12(10-18(17)25-20)16-6-7-23-21(22)26-16/h2-7,9-10,14H,8,11H2,1H3,(H,24,25)(H2,22,23,26)/t14-/m1/s1. The Kier molecular flexibility index (Phi) is 3.86. The van der Waals surface area contributed by atoms with Gasteiger partial charge in [0.05, 0.1) is 36.4 Å². The van der Waals surface area contributed by atoms with Crippen LogP contribution in [0.25, 0.3) is 22.3 Å². The summed E-state index contributed by atoms with van der Waals surface area (Å²) in [5.41, 5.74) is 10.5. The molecule has 4 aromatic rings. The number of methoxy groups -OCH3 is 1. The van der Waals surface area contributed by atoms with E-state index >= 15 is 0 Å². The Morgan fingerprint density at radius 3 is 2.93 bits per heavy atom. The van der Waals surface area contributed by atoms with Crippen molar-refractivity contribution in [2.24, 2.45) is 0 Å². The molecule has 3 N–H and O–H groups in total. The monoisotopic (exact) mass is 373 g/mol. The van der Waals surface area contributed by atoms with Gasteiger partial charge >= 0.3 is 0 Å². The molecule has 7 nitrogen and oxygen atoms in total. The second-order valence-corrected chi connectivity index (χ2v) is 6.84. The largest absolute Gasteiger partial charge is 0.497 e. The van der Waals surface area contributed by atoms with Crippen LogP contribution in [-0.4, -0.2) is 33.7 Å². The Balaban J connectivity index is 1.47. The summed E-state index contributed by atoms with van der Waals surface area (Å²) in [6.07, 6.45) is 2.51.